The van der Waals surface area contributed by atoms with Crippen LogP contribution >= 0.6 is 58.3 Å². The first kappa shape index (κ1) is 13.0. The first-order valence-corrected chi connectivity index (χ1v) is 13.9. The van der Waals surface area contributed by atoms with E-state index >= 15 is 0 Å². The second kappa shape index (κ2) is 5.68. The third-order valence-corrected chi connectivity index (χ3v) is 22.8. The Bertz CT molecular complexity index is 99.0. The highest BCUT2D eigenvalue weighted by Gasteiger charge is 2.28. The van der Waals surface area contributed by atoms with Crippen molar-refractivity contribution in [3.05, 3.63) is 0 Å². The third-order valence-electron chi connectivity index (χ3n) is 1.36. The fourth-order valence-corrected chi connectivity index (χ4v) is 15.9. The minimum absolute atomic E-state index is 0.0460. The Kier molecular flexibility index (Phi) is 7.39. The van der Waals surface area contributed by atoms with E-state index in [4.69, 9.17) is 0 Å². The molecule has 0 aromatic carbocycles. The van der Waals surface area contributed by atoms with Gasteiger partial charge in [-0.15, -0.1) is 35.7 Å². The average molecular weight is 268 g/mol. The maximum absolute atomic E-state index is 2.99. The van der Waals surface area contributed by atoms with Gasteiger partial charge in [-0.2, -0.15) is 0 Å². The lowest BCUT2D eigenvalue weighted by Gasteiger charge is -2.34. The largest absolute Gasteiger partial charge is 0.110 e. The lowest BCUT2D eigenvalue weighted by Crippen LogP contribution is -2.04. The van der Waals surface area contributed by atoms with Gasteiger partial charge in [-0.3, -0.25) is 0 Å². The van der Waals surface area contributed by atoms with E-state index in [2.05, 4.69) is 49.6 Å². The Morgan fingerprint density at radius 1 is 1.20 bits per heavy atom. The Morgan fingerprint density at radius 2 is 1.60 bits per heavy atom. The van der Waals surface area contributed by atoms with Crippen LogP contribution in [-0.4, -0.2) is 4.90 Å². The maximum atomic E-state index is 2.99. The van der Waals surface area contributed by atoms with Crippen LogP contribution in [-0.2, 0) is 0 Å². The summed E-state index contributed by atoms with van der Waals surface area (Å²) in [7, 11) is 12.9. The number of hydrogen-bond donors (Lipinski definition) is 0. The van der Waals surface area contributed by atoms with Gasteiger partial charge in [0.15, 0.2) is 0 Å². The van der Waals surface area contributed by atoms with E-state index in [1.165, 1.54) is 0 Å². The molecule has 0 N–H and O–H groups in total. The molecular formula is C3H15P7. The molecular weight excluding hydrogens is 253 g/mol. The van der Waals surface area contributed by atoms with Gasteiger partial charge in [-0.25, -0.2) is 0 Å². The predicted octanol–water partition coefficient (Wildman–Crippen LogP) is 4.44. The van der Waals surface area contributed by atoms with Crippen molar-refractivity contribution in [1.82, 2.24) is 0 Å². The lowest BCUT2D eigenvalue weighted by atomic mass is 10.5. The second-order valence-electron chi connectivity index (χ2n) is 2.40. The quantitative estimate of drug-likeness (QED) is 0.664. The van der Waals surface area contributed by atoms with E-state index in [-0.39, 0.29) is 14.6 Å². The van der Waals surface area contributed by atoms with Gasteiger partial charge in [0.25, 0.3) is 0 Å². The Balaban J connectivity index is 4.09. The van der Waals surface area contributed by atoms with Gasteiger partial charge in [0.05, 0.1) is 0 Å². The molecule has 0 aliphatic heterocycles. The van der Waals surface area contributed by atoms with Crippen molar-refractivity contribution >= 4 is 58.3 Å². The second-order valence-corrected chi connectivity index (χ2v) is 19.6. The molecule has 7 heteroatoms. The van der Waals surface area contributed by atoms with Crippen LogP contribution in [0.1, 0.15) is 13.8 Å². The monoisotopic (exact) mass is 268 g/mol. The molecule has 0 nitrogen and oxygen atoms in total. The molecule has 0 aromatic rings. The van der Waals surface area contributed by atoms with Gasteiger partial charge in [-0.1, -0.05) is 36.4 Å². The molecule has 0 radical (unpaired) electrons. The van der Waals surface area contributed by atoms with E-state index in [0.29, 0.717) is 4.90 Å². The van der Waals surface area contributed by atoms with E-state index in [9.17, 15) is 0 Å². The van der Waals surface area contributed by atoms with Crippen LogP contribution in [0.5, 0.6) is 0 Å². The summed E-state index contributed by atoms with van der Waals surface area (Å²) >= 11 is 0. The van der Waals surface area contributed by atoms with Gasteiger partial charge in [-0.05, 0) is 0 Å². The van der Waals surface area contributed by atoms with Crippen molar-refractivity contribution in [3.63, 3.8) is 0 Å². The molecule has 0 aliphatic rings. The Hall–Kier alpha value is 3.01. The molecule has 0 saturated heterocycles. The molecule has 0 fully saturated rings. The Labute approximate surface area is 77.2 Å². The van der Waals surface area contributed by atoms with Crippen LogP contribution in [0.2, 0.25) is 0 Å². The molecule has 6 atom stereocenters. The summed E-state index contributed by atoms with van der Waals surface area (Å²) in [5.41, 5.74) is 0. The van der Waals surface area contributed by atoms with Crippen LogP contribution in [0.25, 0.3) is 0 Å². The Morgan fingerprint density at radius 3 is 1.70 bits per heavy atom. The van der Waals surface area contributed by atoms with Gasteiger partial charge < -0.3 is 0 Å². The first-order chi connectivity index (χ1) is 4.42. The highest BCUT2D eigenvalue weighted by molar-refractivity contribution is 8.65. The van der Waals surface area contributed by atoms with E-state index < -0.39 is 0 Å². The molecule has 6 unspecified atom stereocenters. The van der Waals surface area contributed by atoms with Crippen LogP contribution in [0, 0.1) is 0 Å². The molecule has 0 amide bonds. The minimum Gasteiger partial charge on any atom is -0.110 e. The van der Waals surface area contributed by atoms with Gasteiger partial charge in [0.1, 0.15) is 0 Å². The van der Waals surface area contributed by atoms with E-state index in [0.717, 1.165) is 7.96 Å². The molecule has 10 heavy (non-hydrogen) atoms. The molecule has 0 heterocycles. The molecule has 0 aliphatic carbocycles. The third kappa shape index (κ3) is 3.81. The SMILES string of the molecule is CC(C)(P(P)P)P(P)PP. The summed E-state index contributed by atoms with van der Waals surface area (Å²) in [5.74, 6) is 0. The summed E-state index contributed by atoms with van der Waals surface area (Å²) in [6.07, 6.45) is 0. The van der Waals surface area contributed by atoms with Crippen molar-refractivity contribution in [2.24, 2.45) is 0 Å². The normalized spacial score (nSPS) is 17.1. The topological polar surface area (TPSA) is 0 Å². The van der Waals surface area contributed by atoms with E-state index in [1.807, 2.05) is 0 Å². The molecule has 0 saturated carbocycles. The molecule has 0 aromatic heterocycles. The standard InChI is InChI=1S/C3H15P7/c1-3(2,9(5)6)10(7)8-4/h8H,4-7H2,1-2H3. The predicted molar refractivity (Wildman–Crippen MR) is 75.1 cm³/mol. The van der Waals surface area contributed by atoms with Crippen LogP contribution < -0.4 is 0 Å². The van der Waals surface area contributed by atoms with E-state index in [1.54, 1.807) is 0 Å². The fourth-order valence-electron chi connectivity index (χ4n) is 0.282. The van der Waals surface area contributed by atoms with Crippen molar-refractivity contribution in [2.45, 2.75) is 18.7 Å². The van der Waals surface area contributed by atoms with Gasteiger partial charge in [0.2, 0.25) is 0 Å². The first-order valence-electron chi connectivity index (χ1n) is 2.73. The minimum atomic E-state index is 0.0460. The molecule has 0 rings (SSSR count). The zero-order chi connectivity index (χ0) is 8.36. The van der Waals surface area contributed by atoms with Crippen molar-refractivity contribution in [3.8, 4) is 0 Å². The van der Waals surface area contributed by atoms with Crippen LogP contribution in [0.15, 0.2) is 0 Å². The highest BCUT2D eigenvalue weighted by Crippen LogP contribution is 2.84. The summed E-state index contributed by atoms with van der Waals surface area (Å²) < 4.78 is 0. The molecule has 62 valence electrons. The molecule has 0 spiro atoms. The summed E-state index contributed by atoms with van der Waals surface area (Å²) in [4.78, 5) is 0.519. The van der Waals surface area contributed by atoms with Crippen LogP contribution in [0.3, 0.4) is 0 Å². The maximum Gasteiger partial charge on any atom is 0.0191 e. The van der Waals surface area contributed by atoms with Crippen LogP contribution in [0.4, 0.5) is 0 Å². The zero-order valence-corrected chi connectivity index (χ0v) is 13.6. The fraction of sp³-hybridized carbons (Fsp3) is 1.00. The highest BCUT2D eigenvalue weighted by atomic mass is 32.6. The van der Waals surface area contributed by atoms with Crippen molar-refractivity contribution in [2.75, 3.05) is 0 Å². The van der Waals surface area contributed by atoms with Crippen molar-refractivity contribution in [1.29, 1.82) is 0 Å². The summed E-state index contributed by atoms with van der Waals surface area (Å²) in [6.45, 7) is 4.71. The molecule has 0 bridgehead atoms. The summed E-state index contributed by atoms with van der Waals surface area (Å²) in [6, 6.07) is 0. The van der Waals surface area contributed by atoms with Crippen molar-refractivity contribution < 1.29 is 0 Å². The number of rotatable bonds is 3. The number of hydrogen-bond acceptors (Lipinski definition) is 0. The average Bonchev–Trinajstić information content (AvgIpc) is 1.86. The lowest BCUT2D eigenvalue weighted by molar-refractivity contribution is 1.02. The van der Waals surface area contributed by atoms with Gasteiger partial charge >= 0.3 is 0 Å². The summed E-state index contributed by atoms with van der Waals surface area (Å²) in [5, 5.41) is 0. The zero-order valence-electron chi connectivity index (χ0n) is 6.20. The van der Waals surface area contributed by atoms with Gasteiger partial charge in [0, 0.05) is 4.90 Å². The smallest absolute Gasteiger partial charge is 0.0191 e.